The molecule has 0 spiro atoms. The molecule has 0 aliphatic carbocycles. The first-order valence-corrected chi connectivity index (χ1v) is 10.6. The second-order valence-corrected chi connectivity index (χ2v) is 8.24. The normalized spacial score (nSPS) is 18.8. The van der Waals surface area contributed by atoms with E-state index in [1.54, 1.807) is 7.11 Å². The number of hydrogen-bond donors (Lipinski definition) is 1. The maximum absolute atomic E-state index is 12.7. The highest BCUT2D eigenvalue weighted by Crippen LogP contribution is 2.23. The molecule has 1 aromatic rings. The molecule has 2 fully saturated rings. The number of urea groups is 1. The number of likely N-dealkylation sites (N-methyl/N-ethyl adjacent to an activating group) is 1. The lowest BCUT2D eigenvalue weighted by molar-refractivity contribution is -0.126. The minimum absolute atomic E-state index is 0.0225. The SMILES string of the molecule is COc1cccc(C(CNC(=O)C2CCN(C(=O)N3CCCC3)CC2)N(C)C)c1. The summed E-state index contributed by atoms with van der Waals surface area (Å²) < 4.78 is 5.33. The maximum Gasteiger partial charge on any atom is 0.319 e. The van der Waals surface area contributed by atoms with Crippen LogP contribution >= 0.6 is 0 Å². The van der Waals surface area contributed by atoms with Crippen molar-refractivity contribution in [1.82, 2.24) is 20.0 Å². The van der Waals surface area contributed by atoms with Gasteiger partial charge in [0.15, 0.2) is 0 Å². The molecule has 0 bridgehead atoms. The lowest BCUT2D eigenvalue weighted by Crippen LogP contribution is -2.48. The predicted molar refractivity (Wildman–Crippen MR) is 113 cm³/mol. The van der Waals surface area contributed by atoms with Crippen molar-refractivity contribution >= 4 is 11.9 Å². The average molecular weight is 403 g/mol. The molecule has 1 aromatic carbocycles. The number of benzene rings is 1. The Morgan fingerprint density at radius 1 is 1.14 bits per heavy atom. The molecule has 1 atom stereocenters. The van der Waals surface area contributed by atoms with Crippen LogP contribution in [0.2, 0.25) is 0 Å². The summed E-state index contributed by atoms with van der Waals surface area (Å²) in [4.78, 5) is 31.2. The van der Waals surface area contributed by atoms with E-state index in [2.05, 4.69) is 16.3 Å². The zero-order valence-electron chi connectivity index (χ0n) is 17.9. The molecule has 2 saturated heterocycles. The summed E-state index contributed by atoms with van der Waals surface area (Å²) >= 11 is 0. The van der Waals surface area contributed by atoms with Gasteiger partial charge in [0.25, 0.3) is 0 Å². The van der Waals surface area contributed by atoms with Gasteiger partial charge in [0.05, 0.1) is 13.2 Å². The van der Waals surface area contributed by atoms with E-state index in [0.717, 1.165) is 50.1 Å². The molecule has 0 radical (unpaired) electrons. The van der Waals surface area contributed by atoms with Gasteiger partial charge in [0.1, 0.15) is 5.75 Å². The third kappa shape index (κ3) is 5.41. The average Bonchev–Trinajstić information content (AvgIpc) is 3.28. The number of nitrogens with zero attached hydrogens (tertiary/aromatic N) is 3. The molecule has 7 nitrogen and oxygen atoms in total. The van der Waals surface area contributed by atoms with Gasteiger partial charge >= 0.3 is 6.03 Å². The molecular weight excluding hydrogens is 368 g/mol. The fraction of sp³-hybridized carbons (Fsp3) is 0.636. The van der Waals surface area contributed by atoms with E-state index in [1.807, 2.05) is 42.1 Å². The Balaban J connectivity index is 1.50. The van der Waals surface area contributed by atoms with Crippen molar-refractivity contribution in [2.75, 3.05) is 53.9 Å². The summed E-state index contributed by atoms with van der Waals surface area (Å²) in [6.07, 6.45) is 3.67. The number of amides is 3. The smallest absolute Gasteiger partial charge is 0.319 e. The number of methoxy groups -OCH3 is 1. The summed E-state index contributed by atoms with van der Waals surface area (Å²) in [5, 5.41) is 3.13. The number of nitrogens with one attached hydrogen (secondary N) is 1. The second kappa shape index (κ2) is 9.96. The zero-order chi connectivity index (χ0) is 20.8. The third-order valence-electron chi connectivity index (χ3n) is 6.08. The van der Waals surface area contributed by atoms with Gasteiger partial charge in [-0.2, -0.15) is 0 Å². The van der Waals surface area contributed by atoms with Crippen LogP contribution in [0.1, 0.15) is 37.3 Å². The summed E-state index contributed by atoms with van der Waals surface area (Å²) in [7, 11) is 5.68. The number of hydrogen-bond acceptors (Lipinski definition) is 4. The molecule has 0 saturated carbocycles. The van der Waals surface area contributed by atoms with Crippen LogP contribution in [0.5, 0.6) is 5.75 Å². The third-order valence-corrected chi connectivity index (χ3v) is 6.08. The van der Waals surface area contributed by atoms with Gasteiger partial charge in [-0.3, -0.25) is 4.79 Å². The molecule has 3 rings (SSSR count). The minimum Gasteiger partial charge on any atom is -0.497 e. The van der Waals surface area contributed by atoms with Gasteiger partial charge in [-0.1, -0.05) is 12.1 Å². The van der Waals surface area contributed by atoms with Gasteiger partial charge in [0, 0.05) is 38.6 Å². The van der Waals surface area contributed by atoms with Crippen molar-refractivity contribution in [1.29, 1.82) is 0 Å². The molecular formula is C22H34N4O3. The van der Waals surface area contributed by atoms with Crippen LogP contribution in [-0.2, 0) is 4.79 Å². The summed E-state index contributed by atoms with van der Waals surface area (Å²) in [6.45, 7) is 3.62. The second-order valence-electron chi connectivity index (χ2n) is 8.24. The fourth-order valence-electron chi connectivity index (χ4n) is 4.23. The fourth-order valence-corrected chi connectivity index (χ4v) is 4.23. The first-order valence-electron chi connectivity index (χ1n) is 10.6. The summed E-state index contributed by atoms with van der Waals surface area (Å²) in [5.41, 5.74) is 1.11. The Morgan fingerprint density at radius 3 is 2.41 bits per heavy atom. The van der Waals surface area contributed by atoms with Gasteiger partial charge < -0.3 is 24.8 Å². The van der Waals surface area contributed by atoms with E-state index in [4.69, 9.17) is 4.74 Å². The van der Waals surface area contributed by atoms with Gasteiger partial charge in [-0.15, -0.1) is 0 Å². The van der Waals surface area contributed by atoms with Crippen molar-refractivity contribution < 1.29 is 14.3 Å². The number of carbonyl (C=O) groups is 2. The molecule has 2 heterocycles. The Hall–Kier alpha value is -2.28. The van der Waals surface area contributed by atoms with Crippen molar-refractivity contribution in [3.8, 4) is 5.75 Å². The standard InChI is InChI=1S/C22H34N4O3/c1-24(2)20(18-7-6-8-19(15-18)29-3)16-23-21(27)17-9-13-26(14-10-17)22(28)25-11-4-5-12-25/h6-8,15,17,20H,4-5,9-14,16H2,1-3H3,(H,23,27). The predicted octanol–water partition coefficient (Wildman–Crippen LogP) is 2.34. The van der Waals surface area contributed by atoms with Gasteiger partial charge in [0.2, 0.25) is 5.91 Å². The number of carbonyl (C=O) groups excluding carboxylic acids is 2. The van der Waals surface area contributed by atoms with E-state index in [1.165, 1.54) is 0 Å². The van der Waals surface area contributed by atoms with Crippen LogP contribution in [0.25, 0.3) is 0 Å². The van der Waals surface area contributed by atoms with E-state index >= 15 is 0 Å². The quantitative estimate of drug-likeness (QED) is 0.793. The highest BCUT2D eigenvalue weighted by atomic mass is 16.5. The molecule has 2 aliphatic heterocycles. The Labute approximate surface area is 174 Å². The maximum atomic E-state index is 12.7. The van der Waals surface area contributed by atoms with Crippen molar-refractivity contribution in [3.05, 3.63) is 29.8 Å². The molecule has 3 amide bonds. The zero-order valence-corrected chi connectivity index (χ0v) is 17.9. The van der Waals surface area contributed by atoms with Crippen LogP contribution in [0.3, 0.4) is 0 Å². The molecule has 7 heteroatoms. The number of rotatable bonds is 6. The van der Waals surface area contributed by atoms with E-state index < -0.39 is 0 Å². The van der Waals surface area contributed by atoms with E-state index in [9.17, 15) is 9.59 Å². The first-order chi connectivity index (χ1) is 14.0. The lowest BCUT2D eigenvalue weighted by Gasteiger charge is -2.34. The Bertz CT molecular complexity index is 695. The highest BCUT2D eigenvalue weighted by Gasteiger charge is 2.30. The minimum atomic E-state index is -0.0225. The molecule has 1 unspecified atom stereocenters. The molecule has 0 aromatic heterocycles. The molecule has 2 aliphatic rings. The molecule has 160 valence electrons. The van der Waals surface area contributed by atoms with Crippen molar-refractivity contribution in [3.63, 3.8) is 0 Å². The number of likely N-dealkylation sites (tertiary alicyclic amines) is 2. The Kier molecular flexibility index (Phi) is 7.36. The number of ether oxygens (including phenoxy) is 1. The Morgan fingerprint density at radius 2 is 1.79 bits per heavy atom. The lowest BCUT2D eigenvalue weighted by atomic mass is 9.95. The van der Waals surface area contributed by atoms with Gasteiger partial charge in [-0.25, -0.2) is 4.79 Å². The molecule has 1 N–H and O–H groups in total. The highest BCUT2D eigenvalue weighted by molar-refractivity contribution is 5.79. The number of piperidine rings is 1. The van der Waals surface area contributed by atoms with E-state index in [0.29, 0.717) is 19.6 Å². The van der Waals surface area contributed by atoms with Crippen LogP contribution in [-0.4, -0.2) is 80.6 Å². The van der Waals surface area contributed by atoms with Crippen LogP contribution in [0.15, 0.2) is 24.3 Å². The van der Waals surface area contributed by atoms with Crippen LogP contribution in [0, 0.1) is 5.92 Å². The largest absolute Gasteiger partial charge is 0.497 e. The monoisotopic (exact) mass is 402 g/mol. The van der Waals surface area contributed by atoms with Crippen molar-refractivity contribution in [2.24, 2.45) is 5.92 Å². The van der Waals surface area contributed by atoms with Gasteiger partial charge in [-0.05, 0) is 57.5 Å². The summed E-state index contributed by atoms with van der Waals surface area (Å²) in [6, 6.07) is 8.19. The van der Waals surface area contributed by atoms with Crippen molar-refractivity contribution in [2.45, 2.75) is 31.7 Å². The molecule has 29 heavy (non-hydrogen) atoms. The van der Waals surface area contributed by atoms with Crippen LogP contribution in [0.4, 0.5) is 4.79 Å². The first kappa shape index (κ1) is 21.4. The van der Waals surface area contributed by atoms with E-state index in [-0.39, 0.29) is 23.9 Å². The van der Waals surface area contributed by atoms with Crippen LogP contribution < -0.4 is 10.1 Å². The summed E-state index contributed by atoms with van der Waals surface area (Å²) in [5.74, 6) is 0.884. The topological polar surface area (TPSA) is 65.1 Å².